The minimum atomic E-state index is -0.460. The zero-order valence-electron chi connectivity index (χ0n) is 11.6. The molecule has 2 rings (SSSR count). The molecule has 4 heteroatoms. The Labute approximate surface area is 115 Å². The zero-order valence-corrected chi connectivity index (χ0v) is 11.6. The topological polar surface area (TPSA) is 56.6 Å². The number of anilines is 1. The number of aliphatic hydroxyl groups is 2. The lowest BCUT2D eigenvalue weighted by Gasteiger charge is -2.26. The summed E-state index contributed by atoms with van der Waals surface area (Å²) in [4.78, 5) is 6.75. The summed E-state index contributed by atoms with van der Waals surface area (Å²) in [5.74, 6) is 0. The molecule has 0 aromatic carbocycles. The van der Waals surface area contributed by atoms with Crippen molar-refractivity contribution in [2.75, 3.05) is 18.1 Å². The Morgan fingerprint density at radius 3 is 2.95 bits per heavy atom. The van der Waals surface area contributed by atoms with Gasteiger partial charge in [-0.15, -0.1) is 0 Å². The fourth-order valence-corrected chi connectivity index (χ4v) is 2.78. The van der Waals surface area contributed by atoms with E-state index in [0.29, 0.717) is 12.5 Å². The van der Waals surface area contributed by atoms with Gasteiger partial charge in [0.05, 0.1) is 23.7 Å². The van der Waals surface area contributed by atoms with Crippen molar-refractivity contribution < 1.29 is 10.2 Å². The molecule has 1 aromatic rings. The van der Waals surface area contributed by atoms with Gasteiger partial charge in [0.2, 0.25) is 0 Å². The summed E-state index contributed by atoms with van der Waals surface area (Å²) in [6.45, 7) is 3.28. The average Bonchev–Trinajstić information content (AvgIpc) is 2.92. The molecule has 1 saturated heterocycles. The molecule has 2 N–H and O–H groups in total. The molecule has 1 aliphatic heterocycles. The van der Waals surface area contributed by atoms with Crippen molar-refractivity contribution in [3.05, 3.63) is 24.0 Å². The van der Waals surface area contributed by atoms with Crippen LogP contribution in [0.25, 0.3) is 0 Å². The van der Waals surface area contributed by atoms with Crippen LogP contribution in [0.4, 0.5) is 5.69 Å². The van der Waals surface area contributed by atoms with Crippen LogP contribution in [-0.2, 0) is 0 Å². The number of pyridine rings is 1. The van der Waals surface area contributed by atoms with Gasteiger partial charge < -0.3 is 15.1 Å². The monoisotopic (exact) mass is 264 g/mol. The molecule has 1 aromatic heterocycles. The molecule has 0 bridgehead atoms. The van der Waals surface area contributed by atoms with Crippen molar-refractivity contribution in [1.82, 2.24) is 4.98 Å². The largest absolute Gasteiger partial charge is 0.396 e. The highest BCUT2D eigenvalue weighted by molar-refractivity contribution is 5.46. The van der Waals surface area contributed by atoms with Crippen molar-refractivity contribution in [2.24, 2.45) is 0 Å². The number of nitrogens with zero attached hydrogens (tertiary/aromatic N) is 2. The average molecular weight is 264 g/mol. The van der Waals surface area contributed by atoms with E-state index in [9.17, 15) is 5.11 Å². The van der Waals surface area contributed by atoms with E-state index in [1.165, 1.54) is 12.8 Å². The molecule has 0 radical (unpaired) electrons. The van der Waals surface area contributed by atoms with E-state index in [4.69, 9.17) is 5.11 Å². The second kappa shape index (κ2) is 6.87. The number of aromatic nitrogens is 1. The summed E-state index contributed by atoms with van der Waals surface area (Å²) in [7, 11) is 0. The third kappa shape index (κ3) is 3.45. The van der Waals surface area contributed by atoms with E-state index < -0.39 is 6.10 Å². The SMILES string of the molecule is CC[C@@H](O)c1ccc(N2CCCC2CCCO)cn1. The van der Waals surface area contributed by atoms with Gasteiger partial charge >= 0.3 is 0 Å². The molecule has 4 nitrogen and oxygen atoms in total. The quantitative estimate of drug-likeness (QED) is 0.827. The van der Waals surface area contributed by atoms with Crippen LogP contribution >= 0.6 is 0 Å². The summed E-state index contributed by atoms with van der Waals surface area (Å²) < 4.78 is 0. The van der Waals surface area contributed by atoms with Crippen LogP contribution in [0.15, 0.2) is 18.3 Å². The van der Waals surface area contributed by atoms with Crippen LogP contribution in [0.2, 0.25) is 0 Å². The molecule has 1 unspecified atom stereocenters. The number of aliphatic hydroxyl groups excluding tert-OH is 2. The molecule has 0 saturated carbocycles. The smallest absolute Gasteiger partial charge is 0.0957 e. The van der Waals surface area contributed by atoms with E-state index >= 15 is 0 Å². The zero-order chi connectivity index (χ0) is 13.7. The van der Waals surface area contributed by atoms with E-state index in [-0.39, 0.29) is 6.61 Å². The molecule has 0 spiro atoms. The Kier molecular flexibility index (Phi) is 5.16. The van der Waals surface area contributed by atoms with Gasteiger partial charge in [0.15, 0.2) is 0 Å². The first-order valence-corrected chi connectivity index (χ1v) is 7.27. The molecule has 1 aliphatic rings. The lowest BCUT2D eigenvalue weighted by Crippen LogP contribution is -2.29. The highest BCUT2D eigenvalue weighted by Gasteiger charge is 2.24. The molecular formula is C15H24N2O2. The van der Waals surface area contributed by atoms with E-state index in [1.54, 1.807) is 0 Å². The maximum Gasteiger partial charge on any atom is 0.0957 e. The maximum absolute atomic E-state index is 9.75. The first kappa shape index (κ1) is 14.3. The van der Waals surface area contributed by atoms with Crippen LogP contribution in [-0.4, -0.2) is 34.4 Å². The lowest BCUT2D eigenvalue weighted by molar-refractivity contribution is 0.169. The third-order valence-electron chi connectivity index (χ3n) is 3.90. The summed E-state index contributed by atoms with van der Waals surface area (Å²) in [6, 6.07) is 4.50. The maximum atomic E-state index is 9.75. The lowest BCUT2D eigenvalue weighted by atomic mass is 10.1. The van der Waals surface area contributed by atoms with Gasteiger partial charge in [0.1, 0.15) is 0 Å². The molecule has 0 aliphatic carbocycles. The van der Waals surface area contributed by atoms with Crippen molar-refractivity contribution in [2.45, 2.75) is 51.2 Å². The van der Waals surface area contributed by atoms with Crippen molar-refractivity contribution in [3.63, 3.8) is 0 Å². The van der Waals surface area contributed by atoms with Crippen molar-refractivity contribution in [3.8, 4) is 0 Å². The number of hydrogen-bond acceptors (Lipinski definition) is 4. The second-order valence-corrected chi connectivity index (χ2v) is 5.22. The summed E-state index contributed by atoms with van der Waals surface area (Å²) in [5.41, 5.74) is 1.88. The molecule has 2 heterocycles. The Hall–Kier alpha value is -1.13. The molecular weight excluding hydrogens is 240 g/mol. The number of rotatable bonds is 6. The summed E-state index contributed by atoms with van der Waals surface area (Å²) in [6.07, 6.45) is 6.39. The highest BCUT2D eigenvalue weighted by Crippen LogP contribution is 2.28. The van der Waals surface area contributed by atoms with Crippen LogP contribution in [0.3, 0.4) is 0 Å². The van der Waals surface area contributed by atoms with Crippen LogP contribution in [0.5, 0.6) is 0 Å². The highest BCUT2D eigenvalue weighted by atomic mass is 16.3. The Morgan fingerprint density at radius 2 is 2.32 bits per heavy atom. The Morgan fingerprint density at radius 1 is 1.47 bits per heavy atom. The van der Waals surface area contributed by atoms with Gasteiger partial charge in [0.25, 0.3) is 0 Å². The van der Waals surface area contributed by atoms with Gasteiger partial charge in [-0.1, -0.05) is 6.92 Å². The van der Waals surface area contributed by atoms with Crippen molar-refractivity contribution in [1.29, 1.82) is 0 Å². The van der Waals surface area contributed by atoms with Gasteiger partial charge in [-0.05, 0) is 44.2 Å². The normalized spacial score (nSPS) is 20.8. The second-order valence-electron chi connectivity index (χ2n) is 5.22. The van der Waals surface area contributed by atoms with Crippen LogP contribution in [0, 0.1) is 0 Å². The van der Waals surface area contributed by atoms with Crippen LogP contribution < -0.4 is 4.90 Å². The molecule has 1 fully saturated rings. The predicted octanol–water partition coefficient (Wildman–Crippen LogP) is 2.27. The fourth-order valence-electron chi connectivity index (χ4n) is 2.78. The minimum Gasteiger partial charge on any atom is -0.396 e. The van der Waals surface area contributed by atoms with Gasteiger partial charge in [-0.25, -0.2) is 0 Å². The van der Waals surface area contributed by atoms with E-state index in [1.807, 2.05) is 19.2 Å². The Bertz CT molecular complexity index is 380. The summed E-state index contributed by atoms with van der Waals surface area (Å²) >= 11 is 0. The van der Waals surface area contributed by atoms with E-state index in [0.717, 1.165) is 30.8 Å². The van der Waals surface area contributed by atoms with Gasteiger partial charge in [-0.2, -0.15) is 0 Å². The minimum absolute atomic E-state index is 0.268. The number of hydrogen-bond donors (Lipinski definition) is 2. The molecule has 106 valence electrons. The predicted molar refractivity (Wildman–Crippen MR) is 76.2 cm³/mol. The Balaban J connectivity index is 2.04. The first-order valence-electron chi connectivity index (χ1n) is 7.27. The molecule has 0 amide bonds. The third-order valence-corrected chi connectivity index (χ3v) is 3.90. The van der Waals surface area contributed by atoms with Gasteiger partial charge in [-0.3, -0.25) is 4.98 Å². The molecule has 19 heavy (non-hydrogen) atoms. The van der Waals surface area contributed by atoms with Crippen molar-refractivity contribution >= 4 is 5.69 Å². The fraction of sp³-hybridized carbons (Fsp3) is 0.667. The van der Waals surface area contributed by atoms with E-state index in [2.05, 4.69) is 16.0 Å². The molecule has 2 atom stereocenters. The van der Waals surface area contributed by atoms with Gasteiger partial charge in [0, 0.05) is 19.2 Å². The van der Waals surface area contributed by atoms with Crippen LogP contribution in [0.1, 0.15) is 50.8 Å². The first-order chi connectivity index (χ1) is 9.26. The standard InChI is InChI=1S/C15H24N2O2/c1-2-15(19)14-8-7-13(11-16-14)17-9-3-5-12(17)6-4-10-18/h7-8,11-12,15,18-19H,2-6,9-10H2,1H3/t12?,15-/m1/s1. The summed E-state index contributed by atoms with van der Waals surface area (Å²) in [5, 5.41) is 18.7.